The molecule has 1 aromatic carbocycles. The highest BCUT2D eigenvalue weighted by Crippen LogP contribution is 2.32. The molecule has 0 saturated heterocycles. The molecule has 2 heterocycles. The van der Waals surface area contributed by atoms with Crippen molar-refractivity contribution in [2.45, 2.75) is 31.6 Å². The molecule has 3 rings (SSSR count). The molecule has 0 unspecified atom stereocenters. The number of hydrogen-bond acceptors (Lipinski definition) is 8. The number of benzene rings is 1. The zero-order valence-corrected chi connectivity index (χ0v) is 21.3. The van der Waals surface area contributed by atoms with Crippen LogP contribution < -0.4 is 26.7 Å². The Morgan fingerprint density at radius 1 is 1.23 bits per heavy atom. The van der Waals surface area contributed by atoms with E-state index in [1.807, 2.05) is 0 Å². The van der Waals surface area contributed by atoms with Gasteiger partial charge < -0.3 is 30.4 Å². The average molecular weight is 568 g/mol. The summed E-state index contributed by atoms with van der Waals surface area (Å²) in [4.78, 5) is 52.8. The molecule has 0 radical (unpaired) electrons. The molecule has 3 amide bonds. The highest BCUT2D eigenvalue weighted by molar-refractivity contribution is 7.19. The van der Waals surface area contributed by atoms with Crippen molar-refractivity contribution in [2.24, 2.45) is 5.73 Å². The van der Waals surface area contributed by atoms with Crippen LogP contribution in [0.1, 0.15) is 17.8 Å². The van der Waals surface area contributed by atoms with E-state index in [1.165, 1.54) is 41.1 Å². The van der Waals surface area contributed by atoms with Crippen molar-refractivity contribution in [2.75, 3.05) is 19.0 Å². The number of alkyl halides is 3. The number of primary amides is 1. The van der Waals surface area contributed by atoms with Crippen LogP contribution in [0.4, 0.5) is 23.7 Å². The summed E-state index contributed by atoms with van der Waals surface area (Å²) in [5.74, 6) is -1.34. The lowest BCUT2D eigenvalue weighted by atomic mass is 10.1. The number of pyridine rings is 1. The SMILES string of the molecule is COC(=O)N[C@@H](CC/C=C/C(N)=O)C(=O)Nc1cccn(Cc2nc3cccc(OCC(F)(F)F)c3s2)c1=O. The summed E-state index contributed by atoms with van der Waals surface area (Å²) in [6.45, 7) is -1.48. The molecule has 1 atom stereocenters. The Kier molecular flexibility index (Phi) is 9.65. The lowest BCUT2D eigenvalue weighted by Crippen LogP contribution is -2.44. The number of aromatic nitrogens is 2. The highest BCUT2D eigenvalue weighted by Gasteiger charge is 2.29. The van der Waals surface area contributed by atoms with Gasteiger partial charge in [0.15, 0.2) is 6.61 Å². The van der Waals surface area contributed by atoms with Gasteiger partial charge in [-0.25, -0.2) is 9.78 Å². The number of halogens is 3. The molecule has 0 aliphatic rings. The first-order valence-corrected chi connectivity index (χ1v) is 12.2. The van der Waals surface area contributed by atoms with E-state index in [-0.39, 0.29) is 30.8 Å². The number of methoxy groups -OCH3 is 1. The summed E-state index contributed by atoms with van der Waals surface area (Å²) < 4.78 is 48.9. The van der Waals surface area contributed by atoms with E-state index in [0.717, 1.165) is 24.5 Å². The lowest BCUT2D eigenvalue weighted by Gasteiger charge is -2.17. The van der Waals surface area contributed by atoms with Crippen LogP contribution in [0.25, 0.3) is 10.2 Å². The van der Waals surface area contributed by atoms with Crippen LogP contribution in [0.3, 0.4) is 0 Å². The van der Waals surface area contributed by atoms with E-state index < -0.39 is 42.3 Å². The van der Waals surface area contributed by atoms with E-state index in [1.54, 1.807) is 6.07 Å². The van der Waals surface area contributed by atoms with Gasteiger partial charge in [0, 0.05) is 6.20 Å². The molecule has 0 spiro atoms. The molecule has 4 N–H and O–H groups in total. The molecule has 3 aromatic rings. The zero-order chi connectivity index (χ0) is 28.6. The standard InChI is InChI=1S/C24H24F3N5O6S/c1-37-23(36)31-15(6-2-3-10-18(28)33)21(34)30-16-8-5-11-32(22(16)35)12-19-29-14-7-4-9-17(20(14)39-19)38-13-24(25,26)27/h3-5,7-11,15H,2,6,12-13H2,1H3,(H2,28,33)(H,30,34)(H,31,36)/b10-3+/t15-/m0/s1. The van der Waals surface area contributed by atoms with Gasteiger partial charge in [-0.2, -0.15) is 13.2 Å². The third-order valence-electron chi connectivity index (χ3n) is 5.10. The van der Waals surface area contributed by atoms with Crippen LogP contribution in [0, 0.1) is 0 Å². The number of anilines is 1. The fourth-order valence-corrected chi connectivity index (χ4v) is 4.39. The Balaban J connectivity index is 1.77. The number of allylic oxidation sites excluding steroid dienone is 1. The van der Waals surface area contributed by atoms with Gasteiger partial charge >= 0.3 is 12.3 Å². The summed E-state index contributed by atoms with van der Waals surface area (Å²) in [5, 5.41) is 5.27. The van der Waals surface area contributed by atoms with Crippen molar-refractivity contribution in [3.63, 3.8) is 0 Å². The predicted molar refractivity (Wildman–Crippen MR) is 137 cm³/mol. The number of thiazole rings is 1. The summed E-state index contributed by atoms with van der Waals surface area (Å²) in [6.07, 6.45) is -1.05. The van der Waals surface area contributed by atoms with Crippen molar-refractivity contribution in [1.82, 2.24) is 14.9 Å². The van der Waals surface area contributed by atoms with Gasteiger partial charge in [0.1, 0.15) is 22.5 Å². The summed E-state index contributed by atoms with van der Waals surface area (Å²) in [6, 6.07) is 6.33. The van der Waals surface area contributed by atoms with E-state index in [0.29, 0.717) is 15.2 Å². The molecule has 11 nitrogen and oxygen atoms in total. The van der Waals surface area contributed by atoms with Crippen LogP contribution in [-0.4, -0.2) is 53.4 Å². The molecule has 15 heteroatoms. The Morgan fingerprint density at radius 2 is 2.00 bits per heavy atom. The van der Waals surface area contributed by atoms with E-state index in [9.17, 15) is 32.3 Å². The molecular formula is C24H24F3N5O6S. The number of nitrogens with one attached hydrogen (secondary N) is 2. The zero-order valence-electron chi connectivity index (χ0n) is 20.5. The summed E-state index contributed by atoms with van der Waals surface area (Å²) >= 11 is 1.07. The Morgan fingerprint density at radius 3 is 2.69 bits per heavy atom. The van der Waals surface area contributed by atoms with Crippen molar-refractivity contribution in [3.05, 3.63) is 64.0 Å². The second-order valence-electron chi connectivity index (χ2n) is 8.03. The number of carbonyl (C=O) groups is 3. The lowest BCUT2D eigenvalue weighted by molar-refractivity contribution is -0.153. The summed E-state index contributed by atoms with van der Waals surface area (Å²) in [7, 11) is 1.13. The Hall–Kier alpha value is -4.40. The highest BCUT2D eigenvalue weighted by atomic mass is 32.1. The molecule has 0 aliphatic carbocycles. The predicted octanol–water partition coefficient (Wildman–Crippen LogP) is 2.93. The van der Waals surface area contributed by atoms with Gasteiger partial charge in [-0.1, -0.05) is 12.1 Å². The quantitative estimate of drug-likeness (QED) is 0.301. The number of rotatable bonds is 11. The number of fused-ring (bicyclic) bond motifs is 1. The minimum absolute atomic E-state index is 0.0248. The van der Waals surface area contributed by atoms with Gasteiger partial charge in [-0.3, -0.25) is 14.4 Å². The number of nitrogens with zero attached hydrogens (tertiary/aromatic N) is 2. The number of amides is 3. The topological polar surface area (TPSA) is 155 Å². The van der Waals surface area contributed by atoms with Crippen molar-refractivity contribution >= 4 is 45.1 Å². The van der Waals surface area contributed by atoms with Crippen molar-refractivity contribution in [3.8, 4) is 5.75 Å². The van der Waals surface area contributed by atoms with Gasteiger partial charge in [-0.15, -0.1) is 11.3 Å². The van der Waals surface area contributed by atoms with Gasteiger partial charge in [0.05, 0.1) is 23.9 Å². The third-order valence-corrected chi connectivity index (χ3v) is 6.17. The first-order valence-electron chi connectivity index (χ1n) is 11.4. The monoisotopic (exact) mass is 567 g/mol. The number of nitrogens with two attached hydrogens (primary N) is 1. The smallest absolute Gasteiger partial charge is 0.422 e. The first-order chi connectivity index (χ1) is 18.5. The van der Waals surface area contributed by atoms with E-state index in [4.69, 9.17) is 10.5 Å². The minimum Gasteiger partial charge on any atom is -0.483 e. The number of hydrogen-bond donors (Lipinski definition) is 3. The van der Waals surface area contributed by atoms with Crippen molar-refractivity contribution in [1.29, 1.82) is 0 Å². The van der Waals surface area contributed by atoms with Gasteiger partial charge in [0.25, 0.3) is 5.56 Å². The van der Waals surface area contributed by atoms with Crippen LogP contribution >= 0.6 is 11.3 Å². The second kappa shape index (κ2) is 12.9. The maximum atomic E-state index is 13.0. The number of carbonyl (C=O) groups excluding carboxylic acids is 3. The molecule has 0 aliphatic heterocycles. The fourth-order valence-electron chi connectivity index (χ4n) is 3.37. The minimum atomic E-state index is -4.50. The Labute approximate surface area is 223 Å². The molecule has 39 heavy (non-hydrogen) atoms. The molecular weight excluding hydrogens is 543 g/mol. The Bertz CT molecular complexity index is 1440. The molecule has 0 bridgehead atoms. The van der Waals surface area contributed by atoms with E-state index in [2.05, 4.69) is 20.4 Å². The van der Waals surface area contributed by atoms with Crippen LogP contribution in [0.15, 0.2) is 53.5 Å². The normalized spacial score (nSPS) is 12.3. The first kappa shape index (κ1) is 29.2. The molecule has 0 fully saturated rings. The third kappa shape index (κ3) is 8.56. The summed E-state index contributed by atoms with van der Waals surface area (Å²) in [5.41, 5.74) is 4.79. The molecule has 208 valence electrons. The second-order valence-corrected chi connectivity index (χ2v) is 9.11. The number of ether oxygens (including phenoxy) is 2. The molecule has 0 saturated carbocycles. The van der Waals surface area contributed by atoms with Crippen molar-refractivity contribution < 1.29 is 37.0 Å². The van der Waals surface area contributed by atoms with Gasteiger partial charge in [-0.05, 0) is 43.2 Å². The largest absolute Gasteiger partial charge is 0.483 e. The van der Waals surface area contributed by atoms with Crippen LogP contribution in [0.5, 0.6) is 5.75 Å². The van der Waals surface area contributed by atoms with Crippen LogP contribution in [-0.2, 0) is 20.9 Å². The fraction of sp³-hybridized carbons (Fsp3) is 0.292. The van der Waals surface area contributed by atoms with Gasteiger partial charge in [0.2, 0.25) is 11.8 Å². The molecule has 2 aromatic heterocycles. The number of alkyl carbamates (subject to hydrolysis) is 1. The average Bonchev–Trinajstić information content (AvgIpc) is 3.29. The maximum Gasteiger partial charge on any atom is 0.422 e. The maximum absolute atomic E-state index is 13.0. The van der Waals surface area contributed by atoms with E-state index >= 15 is 0 Å². The van der Waals surface area contributed by atoms with Crippen LogP contribution in [0.2, 0.25) is 0 Å².